The van der Waals surface area contributed by atoms with E-state index in [0.29, 0.717) is 11.3 Å². The van der Waals surface area contributed by atoms with Crippen molar-refractivity contribution in [1.82, 2.24) is 0 Å². The average molecular weight is 348 g/mol. The van der Waals surface area contributed by atoms with Crippen LogP contribution in [0, 0.1) is 0 Å². The standard InChI is InChI=1S/C22H20O2S/c1-2-18-13-15-20(16-14-18)22(17-19-9-5-3-6-10-19)25(23,24)21-11-7-4-8-12-21/h2-16,22H,1,17H2. The number of hydrogen-bond donors (Lipinski definition) is 0. The van der Waals surface area contributed by atoms with Gasteiger partial charge in [0.05, 0.1) is 10.1 Å². The molecule has 25 heavy (non-hydrogen) atoms. The molecule has 0 bridgehead atoms. The van der Waals surface area contributed by atoms with Crippen molar-refractivity contribution in [2.24, 2.45) is 0 Å². The summed E-state index contributed by atoms with van der Waals surface area (Å²) in [4.78, 5) is 0.351. The molecule has 0 N–H and O–H groups in total. The number of rotatable bonds is 6. The summed E-state index contributed by atoms with van der Waals surface area (Å²) in [5, 5.41) is -0.629. The summed E-state index contributed by atoms with van der Waals surface area (Å²) < 4.78 is 26.5. The third kappa shape index (κ3) is 3.89. The van der Waals surface area contributed by atoms with E-state index in [1.54, 1.807) is 30.3 Å². The van der Waals surface area contributed by atoms with Crippen molar-refractivity contribution >= 4 is 15.9 Å². The lowest BCUT2D eigenvalue weighted by Gasteiger charge is -2.19. The SMILES string of the molecule is C=Cc1ccc(C(Cc2ccccc2)S(=O)(=O)c2ccccc2)cc1. The Balaban J connectivity index is 2.06. The minimum Gasteiger partial charge on any atom is -0.223 e. The summed E-state index contributed by atoms with van der Waals surface area (Å²) in [6.45, 7) is 3.75. The van der Waals surface area contributed by atoms with Crippen molar-refractivity contribution in [1.29, 1.82) is 0 Å². The van der Waals surface area contributed by atoms with Gasteiger partial charge in [0.25, 0.3) is 0 Å². The fourth-order valence-electron chi connectivity index (χ4n) is 2.86. The lowest BCUT2D eigenvalue weighted by Crippen LogP contribution is -2.16. The summed E-state index contributed by atoms with van der Waals surface area (Å²) in [7, 11) is -3.50. The second-order valence-electron chi connectivity index (χ2n) is 5.91. The van der Waals surface area contributed by atoms with E-state index < -0.39 is 15.1 Å². The average Bonchev–Trinajstić information content (AvgIpc) is 2.67. The lowest BCUT2D eigenvalue weighted by atomic mass is 10.0. The van der Waals surface area contributed by atoms with Crippen LogP contribution in [-0.4, -0.2) is 8.42 Å². The third-order valence-corrected chi connectivity index (χ3v) is 6.37. The molecule has 0 saturated carbocycles. The highest BCUT2D eigenvalue weighted by Crippen LogP contribution is 2.32. The molecule has 0 aliphatic carbocycles. The maximum atomic E-state index is 13.3. The molecule has 0 radical (unpaired) electrons. The fraction of sp³-hybridized carbons (Fsp3) is 0.0909. The summed E-state index contributed by atoms with van der Waals surface area (Å²) in [6, 6.07) is 25.9. The van der Waals surface area contributed by atoms with E-state index in [0.717, 1.165) is 16.7 Å². The highest BCUT2D eigenvalue weighted by molar-refractivity contribution is 7.91. The number of hydrogen-bond acceptors (Lipinski definition) is 2. The van der Waals surface area contributed by atoms with Crippen molar-refractivity contribution in [2.45, 2.75) is 16.6 Å². The Bertz CT molecular complexity index is 928. The van der Waals surface area contributed by atoms with Crippen LogP contribution in [0.2, 0.25) is 0 Å². The molecular weight excluding hydrogens is 328 g/mol. The van der Waals surface area contributed by atoms with Crippen LogP contribution in [0.1, 0.15) is 21.9 Å². The smallest absolute Gasteiger partial charge is 0.185 e. The fourth-order valence-corrected chi connectivity index (χ4v) is 4.65. The first-order valence-corrected chi connectivity index (χ1v) is 9.71. The molecule has 3 heteroatoms. The second kappa shape index (κ2) is 7.49. The first-order chi connectivity index (χ1) is 12.1. The van der Waals surface area contributed by atoms with Crippen LogP contribution in [0.15, 0.2) is 96.4 Å². The molecule has 0 aromatic heterocycles. The maximum absolute atomic E-state index is 13.3. The van der Waals surface area contributed by atoms with Gasteiger partial charge in [0.2, 0.25) is 0 Å². The van der Waals surface area contributed by atoms with Crippen LogP contribution in [0.25, 0.3) is 6.08 Å². The monoisotopic (exact) mass is 348 g/mol. The zero-order valence-corrected chi connectivity index (χ0v) is 14.7. The van der Waals surface area contributed by atoms with E-state index in [-0.39, 0.29) is 0 Å². The quantitative estimate of drug-likeness (QED) is 0.622. The van der Waals surface area contributed by atoms with Gasteiger partial charge in [-0.3, -0.25) is 0 Å². The van der Waals surface area contributed by atoms with E-state index >= 15 is 0 Å². The Morgan fingerprint density at radius 3 is 1.92 bits per heavy atom. The van der Waals surface area contributed by atoms with Crippen LogP contribution in [0.3, 0.4) is 0 Å². The van der Waals surface area contributed by atoms with Gasteiger partial charge < -0.3 is 0 Å². The summed E-state index contributed by atoms with van der Waals surface area (Å²) in [5.41, 5.74) is 2.76. The molecule has 126 valence electrons. The molecule has 1 atom stereocenters. The Morgan fingerprint density at radius 1 is 0.800 bits per heavy atom. The van der Waals surface area contributed by atoms with Crippen LogP contribution < -0.4 is 0 Å². The molecule has 2 nitrogen and oxygen atoms in total. The predicted octanol–water partition coefficient (Wildman–Crippen LogP) is 5.09. The van der Waals surface area contributed by atoms with Crippen molar-refractivity contribution < 1.29 is 8.42 Å². The van der Waals surface area contributed by atoms with Gasteiger partial charge in [0, 0.05) is 0 Å². The maximum Gasteiger partial charge on any atom is 0.185 e. The topological polar surface area (TPSA) is 34.1 Å². The Kier molecular flexibility index (Phi) is 5.15. The molecule has 0 saturated heterocycles. The molecule has 0 aliphatic heterocycles. The van der Waals surface area contributed by atoms with E-state index in [4.69, 9.17) is 0 Å². The zero-order chi connectivity index (χ0) is 17.7. The minimum atomic E-state index is -3.50. The van der Waals surface area contributed by atoms with E-state index in [9.17, 15) is 8.42 Å². The lowest BCUT2D eigenvalue weighted by molar-refractivity contribution is 0.581. The molecule has 0 fully saturated rings. The summed E-state index contributed by atoms with van der Waals surface area (Å²) in [6.07, 6.45) is 2.19. The predicted molar refractivity (Wildman–Crippen MR) is 103 cm³/mol. The molecule has 3 aromatic rings. The molecule has 1 unspecified atom stereocenters. The third-order valence-electron chi connectivity index (χ3n) is 4.25. The summed E-state index contributed by atoms with van der Waals surface area (Å²) in [5.74, 6) is 0. The Labute approximate surface area is 149 Å². The molecule has 0 heterocycles. The highest BCUT2D eigenvalue weighted by Gasteiger charge is 2.29. The zero-order valence-electron chi connectivity index (χ0n) is 13.9. The van der Waals surface area contributed by atoms with E-state index in [1.165, 1.54) is 0 Å². The molecule has 0 aliphatic rings. The minimum absolute atomic E-state index is 0.351. The highest BCUT2D eigenvalue weighted by atomic mass is 32.2. The molecule has 3 aromatic carbocycles. The van der Waals surface area contributed by atoms with Crippen LogP contribution >= 0.6 is 0 Å². The number of benzene rings is 3. The van der Waals surface area contributed by atoms with Crippen LogP contribution in [0.5, 0.6) is 0 Å². The first-order valence-electron chi connectivity index (χ1n) is 8.16. The Morgan fingerprint density at radius 2 is 1.36 bits per heavy atom. The van der Waals surface area contributed by atoms with Gasteiger partial charge in [-0.1, -0.05) is 85.5 Å². The summed E-state index contributed by atoms with van der Waals surface area (Å²) >= 11 is 0. The molecule has 0 spiro atoms. The van der Waals surface area contributed by atoms with Crippen molar-refractivity contribution in [3.8, 4) is 0 Å². The van der Waals surface area contributed by atoms with E-state index in [1.807, 2.05) is 60.7 Å². The number of sulfone groups is 1. The van der Waals surface area contributed by atoms with Crippen molar-refractivity contribution in [3.63, 3.8) is 0 Å². The normalized spacial score (nSPS) is 12.5. The largest absolute Gasteiger partial charge is 0.223 e. The van der Waals surface area contributed by atoms with Gasteiger partial charge in [0.15, 0.2) is 9.84 Å². The van der Waals surface area contributed by atoms with Crippen LogP contribution in [0.4, 0.5) is 0 Å². The van der Waals surface area contributed by atoms with Crippen LogP contribution in [-0.2, 0) is 16.3 Å². The van der Waals surface area contributed by atoms with Gasteiger partial charge >= 0.3 is 0 Å². The first kappa shape index (κ1) is 17.2. The molecular formula is C22H20O2S. The van der Waals surface area contributed by atoms with Gasteiger partial charge in [0.1, 0.15) is 0 Å². The van der Waals surface area contributed by atoms with E-state index in [2.05, 4.69) is 6.58 Å². The molecule has 3 rings (SSSR count). The van der Waals surface area contributed by atoms with Crippen molar-refractivity contribution in [3.05, 3.63) is 108 Å². The van der Waals surface area contributed by atoms with Crippen molar-refractivity contribution in [2.75, 3.05) is 0 Å². The van der Waals surface area contributed by atoms with Gasteiger partial charge in [-0.2, -0.15) is 0 Å². The second-order valence-corrected chi connectivity index (χ2v) is 8.04. The van der Waals surface area contributed by atoms with Gasteiger partial charge in [-0.05, 0) is 35.2 Å². The molecule has 0 amide bonds. The van der Waals surface area contributed by atoms with Gasteiger partial charge in [-0.15, -0.1) is 0 Å². The van der Waals surface area contributed by atoms with Gasteiger partial charge in [-0.25, -0.2) is 8.42 Å². The Hall–Kier alpha value is -2.65.